The molecule has 0 spiro atoms. The number of ether oxygens (including phenoxy) is 1. The molecule has 0 N–H and O–H groups in total. The van der Waals surface area contributed by atoms with Crippen molar-refractivity contribution in [2.24, 2.45) is 5.41 Å². The molecule has 3 nitrogen and oxygen atoms in total. The Bertz CT molecular complexity index is 539. The molecule has 0 amide bonds. The SMILES string of the molecule is C=CCOC(=O)C1(C(F)F)Cc2ccccc2C1=O. The predicted octanol–water partition coefficient (Wildman–Crippen LogP) is 2.41. The second kappa shape index (κ2) is 4.91. The van der Waals surface area contributed by atoms with Gasteiger partial charge in [-0.25, -0.2) is 8.78 Å². The van der Waals surface area contributed by atoms with Crippen LogP contribution in [-0.4, -0.2) is 24.8 Å². The largest absolute Gasteiger partial charge is 0.461 e. The molecule has 0 aliphatic heterocycles. The number of carbonyl (C=O) groups is 2. The van der Waals surface area contributed by atoms with Gasteiger partial charge in [-0.05, 0) is 5.56 Å². The number of rotatable bonds is 4. The molecule has 0 radical (unpaired) electrons. The lowest BCUT2D eigenvalue weighted by molar-refractivity contribution is -0.159. The number of Topliss-reactive ketones (excluding diaryl/α,β-unsaturated/α-hetero) is 1. The van der Waals surface area contributed by atoms with Crippen LogP contribution < -0.4 is 0 Å². The molecule has 1 aromatic rings. The molecule has 0 bridgehead atoms. The minimum Gasteiger partial charge on any atom is -0.461 e. The van der Waals surface area contributed by atoms with Gasteiger partial charge in [0.15, 0.2) is 11.2 Å². The summed E-state index contributed by atoms with van der Waals surface area (Å²) in [6.07, 6.45) is -2.16. The Morgan fingerprint density at radius 1 is 1.47 bits per heavy atom. The number of halogens is 2. The molecule has 0 aromatic heterocycles. The van der Waals surface area contributed by atoms with E-state index in [0.717, 1.165) is 0 Å². The predicted molar refractivity (Wildman–Crippen MR) is 64.1 cm³/mol. The first-order chi connectivity index (χ1) is 9.04. The molecule has 1 aliphatic carbocycles. The Hall–Kier alpha value is -2.04. The summed E-state index contributed by atoms with van der Waals surface area (Å²) in [5.41, 5.74) is -1.80. The van der Waals surface area contributed by atoms with E-state index < -0.39 is 23.6 Å². The van der Waals surface area contributed by atoms with Gasteiger partial charge in [0.05, 0.1) is 0 Å². The van der Waals surface area contributed by atoms with Crippen molar-refractivity contribution in [2.75, 3.05) is 6.61 Å². The van der Waals surface area contributed by atoms with E-state index >= 15 is 0 Å². The molecule has 0 heterocycles. The van der Waals surface area contributed by atoms with Gasteiger partial charge < -0.3 is 4.74 Å². The van der Waals surface area contributed by atoms with Gasteiger partial charge in [0.2, 0.25) is 0 Å². The summed E-state index contributed by atoms with van der Waals surface area (Å²) in [6.45, 7) is 3.14. The summed E-state index contributed by atoms with van der Waals surface area (Å²) >= 11 is 0. The summed E-state index contributed by atoms with van der Waals surface area (Å²) in [5, 5.41) is 0. The van der Waals surface area contributed by atoms with Crippen molar-refractivity contribution in [2.45, 2.75) is 12.8 Å². The molecule has 0 saturated heterocycles. The van der Waals surface area contributed by atoms with Crippen LogP contribution in [0.25, 0.3) is 0 Å². The maximum Gasteiger partial charge on any atom is 0.326 e. The van der Waals surface area contributed by atoms with Crippen molar-refractivity contribution in [3.63, 3.8) is 0 Å². The number of hydrogen-bond donors (Lipinski definition) is 0. The first kappa shape index (κ1) is 13.4. The zero-order chi connectivity index (χ0) is 14.0. The normalized spacial score (nSPS) is 21.3. The second-order valence-corrected chi connectivity index (χ2v) is 4.32. The zero-order valence-corrected chi connectivity index (χ0v) is 10.1. The van der Waals surface area contributed by atoms with Gasteiger partial charge in [-0.15, -0.1) is 0 Å². The van der Waals surface area contributed by atoms with E-state index in [1.165, 1.54) is 12.1 Å². The van der Waals surface area contributed by atoms with Crippen molar-refractivity contribution in [3.05, 3.63) is 48.0 Å². The first-order valence-corrected chi connectivity index (χ1v) is 5.73. The summed E-state index contributed by atoms with van der Waals surface area (Å²) in [5.74, 6) is -2.06. The van der Waals surface area contributed by atoms with Gasteiger partial charge in [0.25, 0.3) is 6.43 Å². The summed E-state index contributed by atoms with van der Waals surface area (Å²) in [4.78, 5) is 24.0. The Morgan fingerprint density at radius 3 is 2.74 bits per heavy atom. The third kappa shape index (κ3) is 1.95. The van der Waals surface area contributed by atoms with Crippen molar-refractivity contribution in [1.82, 2.24) is 0 Å². The summed E-state index contributed by atoms with van der Waals surface area (Å²) < 4.78 is 31.4. The Morgan fingerprint density at radius 2 is 2.16 bits per heavy atom. The molecule has 1 aromatic carbocycles. The number of alkyl halides is 2. The highest BCUT2D eigenvalue weighted by molar-refractivity contribution is 6.16. The first-order valence-electron chi connectivity index (χ1n) is 5.73. The van der Waals surface area contributed by atoms with E-state index in [9.17, 15) is 18.4 Å². The standard InChI is InChI=1S/C14H12F2O3/c1-2-7-19-13(18)14(12(15)16)8-9-5-3-4-6-10(9)11(14)17/h2-6,12H,1,7-8H2. The van der Waals surface area contributed by atoms with Gasteiger partial charge in [0, 0.05) is 12.0 Å². The van der Waals surface area contributed by atoms with Crippen molar-refractivity contribution < 1.29 is 23.1 Å². The highest BCUT2D eigenvalue weighted by Gasteiger charge is 2.59. The van der Waals surface area contributed by atoms with Gasteiger partial charge >= 0.3 is 5.97 Å². The number of fused-ring (bicyclic) bond motifs is 1. The fourth-order valence-corrected chi connectivity index (χ4v) is 2.21. The van der Waals surface area contributed by atoms with Crippen molar-refractivity contribution in [1.29, 1.82) is 0 Å². The second-order valence-electron chi connectivity index (χ2n) is 4.32. The lowest BCUT2D eigenvalue weighted by atomic mass is 9.84. The molecular formula is C14H12F2O3. The maximum atomic E-state index is 13.3. The molecule has 0 fully saturated rings. The molecule has 1 unspecified atom stereocenters. The van der Waals surface area contributed by atoms with Crippen LogP contribution in [0, 0.1) is 5.41 Å². The minimum atomic E-state index is -3.11. The van der Waals surface area contributed by atoms with Crippen LogP contribution >= 0.6 is 0 Å². The lowest BCUT2D eigenvalue weighted by Gasteiger charge is -2.23. The highest BCUT2D eigenvalue weighted by Crippen LogP contribution is 2.42. The van der Waals surface area contributed by atoms with E-state index in [4.69, 9.17) is 0 Å². The van der Waals surface area contributed by atoms with Crippen LogP contribution in [-0.2, 0) is 16.0 Å². The maximum absolute atomic E-state index is 13.3. The number of ketones is 1. The fraction of sp³-hybridized carbons (Fsp3) is 0.286. The number of esters is 1. The molecule has 2 rings (SSSR count). The van der Waals surface area contributed by atoms with E-state index in [-0.39, 0.29) is 18.6 Å². The monoisotopic (exact) mass is 266 g/mol. The van der Waals surface area contributed by atoms with Crippen LogP contribution in [0.5, 0.6) is 0 Å². The average Bonchev–Trinajstić information content (AvgIpc) is 2.71. The molecule has 5 heteroatoms. The summed E-state index contributed by atoms with van der Waals surface area (Å²) in [7, 11) is 0. The summed E-state index contributed by atoms with van der Waals surface area (Å²) in [6, 6.07) is 6.23. The third-order valence-corrected chi connectivity index (χ3v) is 3.21. The quantitative estimate of drug-likeness (QED) is 0.477. The van der Waals surface area contributed by atoms with Crippen LogP contribution in [0.1, 0.15) is 15.9 Å². The topological polar surface area (TPSA) is 43.4 Å². The highest BCUT2D eigenvalue weighted by atomic mass is 19.3. The van der Waals surface area contributed by atoms with Crippen molar-refractivity contribution >= 4 is 11.8 Å². The Balaban J connectivity index is 2.42. The van der Waals surface area contributed by atoms with Gasteiger partial charge in [0.1, 0.15) is 6.61 Å². The van der Waals surface area contributed by atoms with Gasteiger partial charge in [-0.1, -0.05) is 36.9 Å². The van der Waals surface area contributed by atoms with Gasteiger partial charge in [-0.2, -0.15) is 0 Å². The van der Waals surface area contributed by atoms with E-state index in [1.54, 1.807) is 18.2 Å². The Kier molecular flexibility index (Phi) is 3.46. The third-order valence-electron chi connectivity index (χ3n) is 3.21. The number of hydrogen-bond acceptors (Lipinski definition) is 3. The van der Waals surface area contributed by atoms with E-state index in [2.05, 4.69) is 11.3 Å². The molecular weight excluding hydrogens is 254 g/mol. The zero-order valence-electron chi connectivity index (χ0n) is 10.1. The molecule has 100 valence electrons. The molecule has 0 saturated carbocycles. The Labute approximate surface area is 108 Å². The fourth-order valence-electron chi connectivity index (χ4n) is 2.21. The van der Waals surface area contributed by atoms with Crippen LogP contribution in [0.15, 0.2) is 36.9 Å². The van der Waals surface area contributed by atoms with Gasteiger partial charge in [-0.3, -0.25) is 9.59 Å². The number of benzene rings is 1. The van der Waals surface area contributed by atoms with E-state index in [0.29, 0.717) is 5.56 Å². The van der Waals surface area contributed by atoms with Crippen LogP contribution in [0.3, 0.4) is 0 Å². The molecule has 19 heavy (non-hydrogen) atoms. The average molecular weight is 266 g/mol. The molecule has 1 atom stereocenters. The number of carbonyl (C=O) groups excluding carboxylic acids is 2. The minimum absolute atomic E-state index is 0.165. The molecule has 1 aliphatic rings. The lowest BCUT2D eigenvalue weighted by Crippen LogP contribution is -2.45. The van der Waals surface area contributed by atoms with E-state index in [1.807, 2.05) is 0 Å². The van der Waals surface area contributed by atoms with Crippen molar-refractivity contribution in [3.8, 4) is 0 Å². The van der Waals surface area contributed by atoms with Crippen LogP contribution in [0.2, 0.25) is 0 Å². The smallest absolute Gasteiger partial charge is 0.326 e. The van der Waals surface area contributed by atoms with Crippen LogP contribution in [0.4, 0.5) is 8.78 Å².